The Balaban J connectivity index is 1.55. The van der Waals surface area contributed by atoms with Gasteiger partial charge in [0.15, 0.2) is 6.61 Å². The summed E-state index contributed by atoms with van der Waals surface area (Å²) < 4.78 is 71.7. The summed E-state index contributed by atoms with van der Waals surface area (Å²) in [6.45, 7) is -0.476. The van der Waals surface area contributed by atoms with Gasteiger partial charge >= 0.3 is 6.18 Å². The molecule has 0 aliphatic heterocycles. The summed E-state index contributed by atoms with van der Waals surface area (Å²) in [6.07, 6.45) is 0.0774. The molecule has 32 heavy (non-hydrogen) atoms. The van der Waals surface area contributed by atoms with Crippen LogP contribution in [-0.2, 0) is 21.0 Å². The highest BCUT2D eigenvalue weighted by atomic mass is 35.5. The highest BCUT2D eigenvalue weighted by Gasteiger charge is 2.33. The predicted molar refractivity (Wildman–Crippen MR) is 114 cm³/mol. The number of hydrogen-bond donors (Lipinski definition) is 2. The van der Waals surface area contributed by atoms with Crippen molar-refractivity contribution in [3.8, 4) is 5.75 Å². The molecule has 0 atom stereocenters. The third-order valence-corrected chi connectivity index (χ3v) is 6.85. The maximum Gasteiger partial charge on any atom is 0.417 e. The molecule has 3 rings (SSSR count). The van der Waals surface area contributed by atoms with E-state index in [2.05, 4.69) is 10.0 Å². The average Bonchev–Trinajstić information content (AvgIpc) is 2.73. The first-order valence-corrected chi connectivity index (χ1v) is 11.8. The van der Waals surface area contributed by atoms with Crippen LogP contribution < -0.4 is 14.8 Å². The van der Waals surface area contributed by atoms with Crippen LogP contribution in [0.1, 0.15) is 37.7 Å². The Morgan fingerprint density at radius 3 is 2.34 bits per heavy atom. The molecule has 6 nitrogen and oxygen atoms in total. The van der Waals surface area contributed by atoms with Gasteiger partial charge in [-0.15, -0.1) is 0 Å². The van der Waals surface area contributed by atoms with Gasteiger partial charge in [0.2, 0.25) is 10.0 Å². The Morgan fingerprint density at radius 2 is 1.72 bits per heavy atom. The summed E-state index contributed by atoms with van der Waals surface area (Å²) in [7, 11) is -3.66. The summed E-state index contributed by atoms with van der Waals surface area (Å²) in [5.74, 6) is -0.444. The molecule has 1 saturated carbocycles. The SMILES string of the molecule is O=C(COc1ccc(S(=O)(=O)NC2CCCCC2)cc1)Nc1ccc(Cl)c(C(F)(F)F)c1. The number of benzene rings is 2. The van der Waals surface area contributed by atoms with Gasteiger partial charge in [-0.05, 0) is 55.3 Å². The van der Waals surface area contributed by atoms with Crippen LogP contribution in [0.15, 0.2) is 47.4 Å². The second-order valence-electron chi connectivity index (χ2n) is 7.46. The van der Waals surface area contributed by atoms with Gasteiger partial charge in [-0.3, -0.25) is 4.79 Å². The van der Waals surface area contributed by atoms with Gasteiger partial charge in [-0.25, -0.2) is 13.1 Å². The molecule has 1 aliphatic rings. The van der Waals surface area contributed by atoms with Crippen molar-refractivity contribution in [3.63, 3.8) is 0 Å². The zero-order valence-corrected chi connectivity index (χ0v) is 18.5. The summed E-state index contributed by atoms with van der Waals surface area (Å²) in [5, 5.41) is 1.83. The van der Waals surface area contributed by atoms with Gasteiger partial charge < -0.3 is 10.1 Å². The first kappa shape index (κ1) is 24.3. The van der Waals surface area contributed by atoms with Gasteiger partial charge in [-0.1, -0.05) is 30.9 Å². The minimum Gasteiger partial charge on any atom is -0.484 e. The number of carbonyl (C=O) groups excluding carboxylic acids is 1. The van der Waals surface area contributed by atoms with Gasteiger partial charge in [0.25, 0.3) is 5.91 Å². The minimum absolute atomic E-state index is 0.0703. The molecule has 1 amide bonds. The third kappa shape index (κ3) is 6.60. The molecule has 2 N–H and O–H groups in total. The second-order valence-corrected chi connectivity index (χ2v) is 9.58. The van der Waals surface area contributed by atoms with Crippen molar-refractivity contribution in [2.75, 3.05) is 11.9 Å². The Kier molecular flexibility index (Phi) is 7.68. The van der Waals surface area contributed by atoms with E-state index in [4.69, 9.17) is 16.3 Å². The lowest BCUT2D eigenvalue weighted by molar-refractivity contribution is -0.137. The number of hydrogen-bond acceptors (Lipinski definition) is 4. The molecule has 0 aromatic heterocycles. The molecule has 0 spiro atoms. The topological polar surface area (TPSA) is 84.5 Å². The van der Waals surface area contributed by atoms with E-state index in [1.807, 2.05) is 0 Å². The number of anilines is 1. The fourth-order valence-corrected chi connectivity index (χ4v) is 4.92. The first-order chi connectivity index (χ1) is 15.0. The summed E-state index contributed by atoms with van der Waals surface area (Å²) in [4.78, 5) is 12.1. The van der Waals surface area contributed by atoms with E-state index in [9.17, 15) is 26.4 Å². The predicted octanol–water partition coefficient (Wildman–Crippen LogP) is 4.99. The molecule has 11 heteroatoms. The Bertz CT molecular complexity index is 1050. The normalized spacial score (nSPS) is 15.4. The van der Waals surface area contributed by atoms with E-state index in [1.165, 1.54) is 30.3 Å². The van der Waals surface area contributed by atoms with Crippen LogP contribution in [0.4, 0.5) is 18.9 Å². The van der Waals surface area contributed by atoms with E-state index in [0.29, 0.717) is 0 Å². The Hall–Kier alpha value is -2.30. The number of ether oxygens (including phenoxy) is 1. The van der Waals surface area contributed by atoms with Crippen LogP contribution in [0.25, 0.3) is 0 Å². The molecule has 2 aromatic rings. The molecule has 1 aliphatic carbocycles. The number of rotatable bonds is 7. The van der Waals surface area contributed by atoms with Crippen molar-refractivity contribution in [1.29, 1.82) is 0 Å². The molecule has 0 saturated heterocycles. The van der Waals surface area contributed by atoms with Gasteiger partial charge in [0.05, 0.1) is 15.5 Å². The summed E-state index contributed by atoms with van der Waals surface area (Å²) in [6, 6.07) is 8.51. The molecule has 0 bridgehead atoms. The minimum atomic E-state index is -4.65. The van der Waals surface area contributed by atoms with Gasteiger partial charge in [0, 0.05) is 11.7 Å². The average molecular weight is 491 g/mol. The monoisotopic (exact) mass is 490 g/mol. The van der Waals surface area contributed by atoms with Crippen LogP contribution in [0.5, 0.6) is 5.75 Å². The quantitative estimate of drug-likeness (QED) is 0.573. The largest absolute Gasteiger partial charge is 0.484 e. The standard InChI is InChI=1S/C21H22ClF3N2O4S/c22-19-11-6-15(12-18(19)21(23,24)25)26-20(28)13-31-16-7-9-17(10-8-16)32(29,30)27-14-4-2-1-3-5-14/h6-12,14,27H,1-5,13H2,(H,26,28). The number of sulfonamides is 1. The van der Waals surface area contributed by atoms with E-state index >= 15 is 0 Å². The third-order valence-electron chi connectivity index (χ3n) is 4.99. The van der Waals surface area contributed by atoms with Crippen molar-refractivity contribution < 1.29 is 31.1 Å². The van der Waals surface area contributed by atoms with Crippen LogP contribution in [-0.4, -0.2) is 27.0 Å². The Labute approximate surface area is 189 Å². The van der Waals surface area contributed by atoms with E-state index in [0.717, 1.165) is 44.2 Å². The molecular weight excluding hydrogens is 469 g/mol. The Morgan fingerprint density at radius 1 is 1.06 bits per heavy atom. The van der Waals surface area contributed by atoms with E-state index in [-0.39, 0.29) is 22.4 Å². The van der Waals surface area contributed by atoms with Crippen LogP contribution in [0.2, 0.25) is 5.02 Å². The number of halogens is 4. The highest BCUT2D eigenvalue weighted by Crippen LogP contribution is 2.36. The molecule has 0 radical (unpaired) electrons. The molecule has 0 heterocycles. The van der Waals surface area contributed by atoms with Crippen molar-refractivity contribution in [2.24, 2.45) is 0 Å². The molecular formula is C21H22ClF3N2O4S. The van der Waals surface area contributed by atoms with Crippen molar-refractivity contribution in [1.82, 2.24) is 4.72 Å². The zero-order chi connectivity index (χ0) is 23.4. The van der Waals surface area contributed by atoms with Crippen LogP contribution in [0, 0.1) is 0 Å². The summed E-state index contributed by atoms with van der Waals surface area (Å²) >= 11 is 5.55. The lowest BCUT2D eigenvalue weighted by Gasteiger charge is -2.22. The fourth-order valence-electron chi connectivity index (χ4n) is 3.39. The lowest BCUT2D eigenvalue weighted by Crippen LogP contribution is -2.36. The van der Waals surface area contributed by atoms with Crippen molar-refractivity contribution >= 4 is 33.2 Å². The van der Waals surface area contributed by atoms with Gasteiger partial charge in [-0.2, -0.15) is 13.2 Å². The molecule has 174 valence electrons. The molecule has 2 aromatic carbocycles. The maximum absolute atomic E-state index is 12.9. The zero-order valence-electron chi connectivity index (χ0n) is 16.9. The molecule has 0 unspecified atom stereocenters. The van der Waals surface area contributed by atoms with Crippen LogP contribution >= 0.6 is 11.6 Å². The molecule has 1 fully saturated rings. The number of nitrogens with one attached hydrogen (secondary N) is 2. The van der Waals surface area contributed by atoms with Gasteiger partial charge in [0.1, 0.15) is 5.75 Å². The van der Waals surface area contributed by atoms with Crippen LogP contribution in [0.3, 0.4) is 0 Å². The van der Waals surface area contributed by atoms with Crippen molar-refractivity contribution in [2.45, 2.75) is 49.2 Å². The maximum atomic E-state index is 12.9. The lowest BCUT2D eigenvalue weighted by atomic mass is 9.96. The smallest absolute Gasteiger partial charge is 0.417 e. The van der Waals surface area contributed by atoms with E-state index in [1.54, 1.807) is 0 Å². The number of alkyl halides is 3. The number of carbonyl (C=O) groups is 1. The number of amides is 1. The van der Waals surface area contributed by atoms with E-state index < -0.39 is 39.3 Å². The van der Waals surface area contributed by atoms with Crippen molar-refractivity contribution in [3.05, 3.63) is 53.1 Å². The summed E-state index contributed by atoms with van der Waals surface area (Å²) in [5.41, 5.74) is -1.14. The fraction of sp³-hybridized carbons (Fsp3) is 0.381. The highest BCUT2D eigenvalue weighted by molar-refractivity contribution is 7.89. The first-order valence-electron chi connectivity index (χ1n) is 9.96. The second kappa shape index (κ2) is 10.1.